The summed E-state index contributed by atoms with van der Waals surface area (Å²) in [5, 5.41) is 2.85. The summed E-state index contributed by atoms with van der Waals surface area (Å²) in [6, 6.07) is 4.91. The number of piperidine rings is 1. The molecule has 1 unspecified atom stereocenters. The molecule has 4 nitrogen and oxygen atoms in total. The van der Waals surface area contributed by atoms with Gasteiger partial charge in [0, 0.05) is 30.7 Å². The molecular formula is C15H22BrClFN3O. The van der Waals surface area contributed by atoms with E-state index in [0.29, 0.717) is 26.2 Å². The second-order valence-corrected chi connectivity index (χ2v) is 6.35. The van der Waals surface area contributed by atoms with Crippen molar-refractivity contribution >= 4 is 34.2 Å². The SMILES string of the molecule is Cl.NCCNC(=O)C1CCCN(Cc2cc(F)cc(Br)c2)C1. The fourth-order valence-corrected chi connectivity index (χ4v) is 3.23. The van der Waals surface area contributed by atoms with E-state index < -0.39 is 0 Å². The summed E-state index contributed by atoms with van der Waals surface area (Å²) in [4.78, 5) is 14.2. The van der Waals surface area contributed by atoms with Crippen LogP contribution in [0.3, 0.4) is 0 Å². The van der Waals surface area contributed by atoms with Crippen LogP contribution in [0.15, 0.2) is 22.7 Å². The van der Waals surface area contributed by atoms with E-state index in [1.807, 2.05) is 6.07 Å². The number of hydrogen-bond donors (Lipinski definition) is 2. The van der Waals surface area contributed by atoms with Gasteiger partial charge >= 0.3 is 0 Å². The molecule has 0 aromatic heterocycles. The lowest BCUT2D eigenvalue weighted by Gasteiger charge is -2.32. The van der Waals surface area contributed by atoms with E-state index in [2.05, 4.69) is 26.1 Å². The van der Waals surface area contributed by atoms with E-state index >= 15 is 0 Å². The maximum atomic E-state index is 13.4. The van der Waals surface area contributed by atoms with Crippen molar-refractivity contribution < 1.29 is 9.18 Å². The van der Waals surface area contributed by atoms with E-state index in [1.165, 1.54) is 6.07 Å². The first-order chi connectivity index (χ1) is 10.1. The normalized spacial score (nSPS) is 18.6. The number of nitrogens with zero attached hydrogens (tertiary/aromatic N) is 1. The van der Waals surface area contributed by atoms with Crippen molar-refractivity contribution in [2.24, 2.45) is 11.7 Å². The van der Waals surface area contributed by atoms with Crippen LogP contribution in [0.25, 0.3) is 0 Å². The Morgan fingerprint density at radius 2 is 2.23 bits per heavy atom. The molecule has 1 aromatic rings. The molecule has 22 heavy (non-hydrogen) atoms. The second-order valence-electron chi connectivity index (χ2n) is 5.43. The van der Waals surface area contributed by atoms with Crippen LogP contribution in [0, 0.1) is 11.7 Å². The fourth-order valence-electron chi connectivity index (χ4n) is 2.71. The van der Waals surface area contributed by atoms with Crippen molar-refractivity contribution in [2.75, 3.05) is 26.2 Å². The first-order valence-corrected chi connectivity index (χ1v) is 8.03. The zero-order valence-corrected chi connectivity index (χ0v) is 14.8. The average Bonchev–Trinajstić information content (AvgIpc) is 2.44. The highest BCUT2D eigenvalue weighted by atomic mass is 79.9. The topological polar surface area (TPSA) is 58.4 Å². The minimum absolute atomic E-state index is 0. The molecule has 124 valence electrons. The average molecular weight is 395 g/mol. The van der Waals surface area contributed by atoms with Crippen molar-refractivity contribution in [3.63, 3.8) is 0 Å². The van der Waals surface area contributed by atoms with E-state index in [0.717, 1.165) is 29.4 Å². The van der Waals surface area contributed by atoms with Crippen LogP contribution < -0.4 is 11.1 Å². The molecule has 0 aliphatic carbocycles. The van der Waals surface area contributed by atoms with Gasteiger partial charge in [0.25, 0.3) is 0 Å². The smallest absolute Gasteiger partial charge is 0.224 e. The van der Waals surface area contributed by atoms with Crippen LogP contribution in [-0.4, -0.2) is 37.0 Å². The lowest BCUT2D eigenvalue weighted by Crippen LogP contribution is -2.43. The molecule has 1 aliphatic heterocycles. The van der Waals surface area contributed by atoms with Gasteiger partial charge in [-0.1, -0.05) is 15.9 Å². The molecule has 0 spiro atoms. The Kier molecular flexibility index (Phi) is 8.31. The molecule has 1 fully saturated rings. The van der Waals surface area contributed by atoms with Gasteiger partial charge in [-0.05, 0) is 43.1 Å². The predicted octanol–water partition coefficient (Wildman–Crippen LogP) is 2.30. The van der Waals surface area contributed by atoms with Gasteiger partial charge in [0.15, 0.2) is 0 Å². The number of nitrogens with one attached hydrogen (secondary N) is 1. The van der Waals surface area contributed by atoms with Crippen LogP contribution in [0.5, 0.6) is 0 Å². The van der Waals surface area contributed by atoms with E-state index in [1.54, 1.807) is 6.07 Å². The number of benzene rings is 1. The van der Waals surface area contributed by atoms with Gasteiger partial charge in [0.05, 0.1) is 5.92 Å². The molecule has 1 aliphatic rings. The molecule has 0 bridgehead atoms. The second kappa shape index (κ2) is 9.45. The number of nitrogens with two attached hydrogens (primary N) is 1. The summed E-state index contributed by atoms with van der Waals surface area (Å²) in [7, 11) is 0. The summed E-state index contributed by atoms with van der Waals surface area (Å²) in [6.45, 7) is 3.29. The van der Waals surface area contributed by atoms with Crippen LogP contribution in [0.4, 0.5) is 4.39 Å². The summed E-state index contributed by atoms with van der Waals surface area (Å²) in [5.41, 5.74) is 6.32. The number of hydrogen-bond acceptors (Lipinski definition) is 3. The Hall–Kier alpha value is -0.690. The monoisotopic (exact) mass is 393 g/mol. The third-order valence-electron chi connectivity index (χ3n) is 3.65. The Morgan fingerprint density at radius 1 is 1.45 bits per heavy atom. The van der Waals surface area contributed by atoms with Crippen LogP contribution in [-0.2, 0) is 11.3 Å². The molecule has 2 rings (SSSR count). The van der Waals surface area contributed by atoms with Crippen molar-refractivity contribution in [3.05, 3.63) is 34.1 Å². The van der Waals surface area contributed by atoms with Gasteiger partial charge in [-0.2, -0.15) is 0 Å². The maximum absolute atomic E-state index is 13.4. The quantitative estimate of drug-likeness (QED) is 0.805. The Bertz CT molecular complexity index is 483. The maximum Gasteiger partial charge on any atom is 0.224 e. The first kappa shape index (κ1) is 19.4. The number of carbonyl (C=O) groups excluding carboxylic acids is 1. The van der Waals surface area contributed by atoms with Gasteiger partial charge < -0.3 is 11.1 Å². The first-order valence-electron chi connectivity index (χ1n) is 7.23. The van der Waals surface area contributed by atoms with Crippen molar-refractivity contribution in [1.29, 1.82) is 0 Å². The van der Waals surface area contributed by atoms with Crippen LogP contribution in [0.2, 0.25) is 0 Å². The van der Waals surface area contributed by atoms with Crippen LogP contribution >= 0.6 is 28.3 Å². The van der Waals surface area contributed by atoms with E-state index in [4.69, 9.17) is 5.73 Å². The molecule has 1 heterocycles. The number of amides is 1. The minimum Gasteiger partial charge on any atom is -0.355 e. The number of rotatable bonds is 5. The molecule has 1 aromatic carbocycles. The predicted molar refractivity (Wildman–Crippen MR) is 91.4 cm³/mol. The summed E-state index contributed by atoms with van der Waals surface area (Å²) >= 11 is 3.31. The lowest BCUT2D eigenvalue weighted by molar-refractivity contribution is -0.126. The summed E-state index contributed by atoms with van der Waals surface area (Å²) in [6.07, 6.45) is 1.89. The molecule has 1 amide bonds. The highest BCUT2D eigenvalue weighted by Gasteiger charge is 2.25. The number of carbonyl (C=O) groups is 1. The molecule has 0 saturated carbocycles. The van der Waals surface area contributed by atoms with Gasteiger partial charge in [0.2, 0.25) is 5.91 Å². The zero-order chi connectivity index (χ0) is 15.2. The standard InChI is InChI=1S/C15H21BrFN3O.ClH/c16-13-6-11(7-14(17)8-13)9-20-5-1-2-12(10-20)15(21)19-4-3-18;/h6-8,12H,1-5,9-10,18H2,(H,19,21);1H. The largest absolute Gasteiger partial charge is 0.355 e. The summed E-state index contributed by atoms with van der Waals surface area (Å²) < 4.78 is 14.1. The van der Waals surface area contributed by atoms with E-state index in [9.17, 15) is 9.18 Å². The van der Waals surface area contributed by atoms with Crippen LogP contribution in [0.1, 0.15) is 18.4 Å². The minimum atomic E-state index is -0.242. The van der Waals surface area contributed by atoms with Crippen molar-refractivity contribution in [2.45, 2.75) is 19.4 Å². The highest BCUT2D eigenvalue weighted by Crippen LogP contribution is 2.21. The molecule has 1 atom stereocenters. The molecule has 1 saturated heterocycles. The van der Waals surface area contributed by atoms with Gasteiger partial charge in [-0.3, -0.25) is 9.69 Å². The third-order valence-corrected chi connectivity index (χ3v) is 4.11. The van der Waals surface area contributed by atoms with Crippen molar-refractivity contribution in [1.82, 2.24) is 10.2 Å². The van der Waals surface area contributed by atoms with Gasteiger partial charge in [-0.25, -0.2) is 4.39 Å². The zero-order valence-electron chi connectivity index (χ0n) is 12.4. The lowest BCUT2D eigenvalue weighted by atomic mass is 9.96. The number of likely N-dealkylation sites (tertiary alicyclic amines) is 1. The Balaban J connectivity index is 0.00000242. The highest BCUT2D eigenvalue weighted by molar-refractivity contribution is 9.10. The van der Waals surface area contributed by atoms with Gasteiger partial charge in [-0.15, -0.1) is 12.4 Å². The van der Waals surface area contributed by atoms with Crippen molar-refractivity contribution in [3.8, 4) is 0 Å². The molecule has 0 radical (unpaired) electrons. The third kappa shape index (κ3) is 5.83. The van der Waals surface area contributed by atoms with Gasteiger partial charge in [0.1, 0.15) is 5.82 Å². The molecule has 7 heteroatoms. The fraction of sp³-hybridized carbons (Fsp3) is 0.533. The Labute approximate surface area is 145 Å². The Morgan fingerprint density at radius 3 is 2.91 bits per heavy atom. The number of halogens is 3. The van der Waals surface area contributed by atoms with E-state index in [-0.39, 0.29) is 30.0 Å². The molecule has 3 N–H and O–H groups in total. The summed E-state index contributed by atoms with van der Waals surface area (Å²) in [5.74, 6) is -0.165. The molecular weight excluding hydrogens is 373 g/mol.